The molecule has 0 aromatic carbocycles. The van der Waals surface area contributed by atoms with Crippen LogP contribution in [0.25, 0.3) is 0 Å². The van der Waals surface area contributed by atoms with Crippen molar-refractivity contribution in [3.63, 3.8) is 0 Å². The largest absolute Gasteiger partial charge is 0.462 e. The van der Waals surface area contributed by atoms with Crippen LogP contribution in [0.5, 0.6) is 0 Å². The second-order valence-corrected chi connectivity index (χ2v) is 19.4. The fourth-order valence-electron chi connectivity index (χ4n) is 12.2. The van der Waals surface area contributed by atoms with E-state index in [1.54, 1.807) is 0 Å². The van der Waals surface area contributed by atoms with Gasteiger partial charge in [0.05, 0.1) is 0 Å². The maximum absolute atomic E-state index is 13.1. The first-order valence-electron chi connectivity index (χ1n) is 22.0. The zero-order valence-corrected chi connectivity index (χ0v) is 34.8. The van der Waals surface area contributed by atoms with Crippen molar-refractivity contribution < 1.29 is 9.53 Å². The first-order valence-corrected chi connectivity index (χ1v) is 22.0. The Hall–Kier alpha value is -1.31. The van der Waals surface area contributed by atoms with Gasteiger partial charge in [-0.15, -0.1) is 0 Å². The maximum Gasteiger partial charge on any atom is 0.306 e. The van der Waals surface area contributed by atoms with Gasteiger partial charge in [-0.3, -0.25) is 4.79 Å². The number of fused-ring (bicyclic) bond motifs is 5. The molecule has 0 spiro atoms. The van der Waals surface area contributed by atoms with E-state index in [-0.39, 0.29) is 17.5 Å². The lowest BCUT2D eigenvalue weighted by atomic mass is 9.41. The topological polar surface area (TPSA) is 26.3 Å². The van der Waals surface area contributed by atoms with E-state index >= 15 is 0 Å². The van der Waals surface area contributed by atoms with Crippen molar-refractivity contribution in [2.75, 3.05) is 0 Å². The van der Waals surface area contributed by atoms with Gasteiger partial charge in [0.15, 0.2) is 0 Å². The molecular weight excluding hydrogens is 609 g/mol. The van der Waals surface area contributed by atoms with E-state index in [9.17, 15) is 4.79 Å². The Labute approximate surface area is 311 Å². The SMILES string of the molecule is CCCCCCCC/C=C\CCCCCCCC(=O)O[C@H]1CC[C@]2(C)[C@H]3CC[C@@]4(C)[C@H]([C@H](C)CCC=C(C)C)CC[C@]4(C)C3=CC[C@H]2C1(C)C. The number of esters is 1. The Balaban J connectivity index is 1.22. The molecule has 0 N–H and O–H groups in total. The molecule has 0 radical (unpaired) electrons. The van der Waals surface area contributed by atoms with E-state index in [1.165, 1.54) is 121 Å². The lowest BCUT2D eigenvalue weighted by Gasteiger charge is -2.64. The van der Waals surface area contributed by atoms with Crippen molar-refractivity contribution in [3.8, 4) is 0 Å². The highest BCUT2D eigenvalue weighted by molar-refractivity contribution is 5.69. The second-order valence-electron chi connectivity index (χ2n) is 19.4. The molecule has 2 heteroatoms. The van der Waals surface area contributed by atoms with E-state index in [1.807, 2.05) is 5.57 Å². The summed E-state index contributed by atoms with van der Waals surface area (Å²) in [6.07, 6.45) is 38.7. The Kier molecular flexibility index (Phi) is 15.4. The normalized spacial score (nSPS) is 33.7. The molecule has 0 heterocycles. The van der Waals surface area contributed by atoms with Gasteiger partial charge in [0, 0.05) is 11.8 Å². The minimum absolute atomic E-state index is 0.00652. The van der Waals surface area contributed by atoms with Crippen molar-refractivity contribution in [2.24, 2.45) is 45.3 Å². The van der Waals surface area contributed by atoms with Crippen LogP contribution in [-0.4, -0.2) is 12.1 Å². The van der Waals surface area contributed by atoms with Gasteiger partial charge >= 0.3 is 5.97 Å². The molecule has 4 aliphatic carbocycles. The number of allylic oxidation sites excluding steroid dienone is 6. The summed E-state index contributed by atoms with van der Waals surface area (Å²) in [4.78, 5) is 13.1. The molecule has 0 bridgehead atoms. The summed E-state index contributed by atoms with van der Waals surface area (Å²) in [5, 5.41) is 0. The molecule has 4 rings (SSSR count). The maximum atomic E-state index is 13.1. The lowest BCUT2D eigenvalue weighted by Crippen LogP contribution is -2.58. The number of carbonyl (C=O) groups is 1. The van der Waals surface area contributed by atoms with E-state index in [2.05, 4.69) is 86.6 Å². The average Bonchev–Trinajstić information content (AvgIpc) is 3.35. The van der Waals surface area contributed by atoms with Crippen LogP contribution in [-0.2, 0) is 9.53 Å². The van der Waals surface area contributed by atoms with Gasteiger partial charge in [-0.05, 0) is 144 Å². The predicted molar refractivity (Wildman–Crippen MR) is 216 cm³/mol. The zero-order chi connectivity index (χ0) is 36.4. The third kappa shape index (κ3) is 9.43. The third-order valence-corrected chi connectivity index (χ3v) is 15.6. The fourth-order valence-corrected chi connectivity index (χ4v) is 12.2. The summed E-state index contributed by atoms with van der Waals surface area (Å²) < 4.78 is 6.38. The molecule has 286 valence electrons. The van der Waals surface area contributed by atoms with Gasteiger partial charge < -0.3 is 4.74 Å². The standard InChI is InChI=1S/C48H82O2/c1-10-11-12-13-14-15-16-17-18-19-20-21-22-23-24-28-44(49)50-43-33-34-46(7)40-32-36-47(8)39(38(4)27-25-26-37(2)3)31-35-48(47,9)41(40)29-30-42(46)45(43,5)6/h17-18,26,29,38-40,42-43H,10-16,19-25,27-28,30-36H2,1-9H3/b18-17-/t38-,39+,40+,42+,43+,46-,47+,48-/m1/s1. The van der Waals surface area contributed by atoms with E-state index in [4.69, 9.17) is 4.74 Å². The zero-order valence-electron chi connectivity index (χ0n) is 34.8. The number of rotatable bonds is 20. The minimum Gasteiger partial charge on any atom is -0.462 e. The van der Waals surface area contributed by atoms with Crippen molar-refractivity contribution in [2.45, 2.75) is 216 Å². The summed E-state index contributed by atoms with van der Waals surface area (Å²) in [5.74, 6) is 2.93. The van der Waals surface area contributed by atoms with Crippen molar-refractivity contribution in [1.82, 2.24) is 0 Å². The number of carbonyl (C=O) groups excluding carboxylic acids is 1. The highest BCUT2D eigenvalue weighted by Crippen LogP contribution is 2.73. The van der Waals surface area contributed by atoms with Crippen LogP contribution in [0.15, 0.2) is 35.5 Å². The smallest absolute Gasteiger partial charge is 0.306 e. The minimum atomic E-state index is 0.00652. The van der Waals surface area contributed by atoms with Crippen LogP contribution in [0.3, 0.4) is 0 Å². The number of hydrogen-bond donors (Lipinski definition) is 0. The third-order valence-electron chi connectivity index (χ3n) is 15.6. The molecule has 8 atom stereocenters. The number of unbranched alkanes of at least 4 members (excludes halogenated alkanes) is 11. The molecule has 2 nitrogen and oxygen atoms in total. The first-order chi connectivity index (χ1) is 23.8. The van der Waals surface area contributed by atoms with Gasteiger partial charge in [-0.1, -0.05) is 135 Å². The molecule has 3 saturated carbocycles. The molecule has 0 aromatic heterocycles. The van der Waals surface area contributed by atoms with Gasteiger partial charge in [0.25, 0.3) is 0 Å². The van der Waals surface area contributed by atoms with Crippen LogP contribution in [0, 0.1) is 45.3 Å². The fraction of sp³-hybridized carbons (Fsp3) is 0.854. The van der Waals surface area contributed by atoms with Crippen molar-refractivity contribution in [1.29, 1.82) is 0 Å². The Bertz CT molecular complexity index is 1150. The molecule has 0 saturated heterocycles. The summed E-state index contributed by atoms with van der Waals surface area (Å²) in [7, 11) is 0. The highest BCUT2D eigenvalue weighted by atomic mass is 16.5. The summed E-state index contributed by atoms with van der Waals surface area (Å²) in [6.45, 7) is 22.2. The molecule has 3 fully saturated rings. The quantitative estimate of drug-likeness (QED) is 0.0722. The second kappa shape index (κ2) is 18.6. The van der Waals surface area contributed by atoms with Crippen LogP contribution < -0.4 is 0 Å². The van der Waals surface area contributed by atoms with Gasteiger partial charge in [0.1, 0.15) is 6.10 Å². The number of hydrogen-bond acceptors (Lipinski definition) is 2. The highest BCUT2D eigenvalue weighted by Gasteiger charge is 2.65. The molecule has 0 aromatic rings. The molecule has 50 heavy (non-hydrogen) atoms. The van der Waals surface area contributed by atoms with E-state index in [0.29, 0.717) is 34.5 Å². The predicted octanol–water partition coefficient (Wildman–Crippen LogP) is 14.9. The molecule has 4 aliphatic rings. The molecule has 0 unspecified atom stereocenters. The van der Waals surface area contributed by atoms with E-state index in [0.717, 1.165) is 37.5 Å². The van der Waals surface area contributed by atoms with Crippen LogP contribution >= 0.6 is 0 Å². The van der Waals surface area contributed by atoms with Crippen LogP contribution in [0.1, 0.15) is 210 Å². The van der Waals surface area contributed by atoms with Gasteiger partial charge in [0.2, 0.25) is 0 Å². The van der Waals surface area contributed by atoms with E-state index < -0.39 is 0 Å². The molecular formula is C48H82O2. The Morgan fingerprint density at radius 2 is 1.46 bits per heavy atom. The van der Waals surface area contributed by atoms with Crippen molar-refractivity contribution >= 4 is 5.97 Å². The van der Waals surface area contributed by atoms with Gasteiger partial charge in [-0.25, -0.2) is 0 Å². The first kappa shape index (κ1) is 41.4. The molecule has 0 amide bonds. The lowest BCUT2D eigenvalue weighted by molar-refractivity contribution is -0.177. The Morgan fingerprint density at radius 3 is 2.12 bits per heavy atom. The Morgan fingerprint density at radius 1 is 0.820 bits per heavy atom. The average molecular weight is 691 g/mol. The summed E-state index contributed by atoms with van der Waals surface area (Å²) in [6, 6.07) is 0. The number of ether oxygens (including phenoxy) is 1. The monoisotopic (exact) mass is 691 g/mol. The van der Waals surface area contributed by atoms with Crippen LogP contribution in [0.4, 0.5) is 0 Å². The molecule has 0 aliphatic heterocycles. The van der Waals surface area contributed by atoms with Crippen LogP contribution in [0.2, 0.25) is 0 Å². The summed E-state index contributed by atoms with van der Waals surface area (Å²) >= 11 is 0. The summed E-state index contributed by atoms with van der Waals surface area (Å²) in [5.41, 5.74) is 4.34. The van der Waals surface area contributed by atoms with Crippen molar-refractivity contribution in [3.05, 3.63) is 35.5 Å². The van der Waals surface area contributed by atoms with Gasteiger partial charge in [-0.2, -0.15) is 0 Å².